The summed E-state index contributed by atoms with van der Waals surface area (Å²) < 4.78 is 27.2. The van der Waals surface area contributed by atoms with Crippen LogP contribution in [0, 0.1) is 0 Å². The van der Waals surface area contributed by atoms with Gasteiger partial charge in [-0.25, -0.2) is 13.1 Å². The Labute approximate surface area is 109 Å². The zero-order valence-corrected chi connectivity index (χ0v) is 11.6. The summed E-state index contributed by atoms with van der Waals surface area (Å²) in [5.41, 5.74) is 0. The Bertz CT molecular complexity index is 352. The molecule has 3 N–H and O–H groups in total. The summed E-state index contributed by atoms with van der Waals surface area (Å²) in [5, 5.41) is 12.7. The molecule has 2 rings (SSSR count). The third kappa shape index (κ3) is 3.66. The van der Waals surface area contributed by atoms with Gasteiger partial charge in [0.15, 0.2) is 0 Å². The molecule has 18 heavy (non-hydrogen) atoms. The molecule has 0 aromatic carbocycles. The van der Waals surface area contributed by atoms with Crippen LogP contribution in [0.15, 0.2) is 0 Å². The van der Waals surface area contributed by atoms with E-state index >= 15 is 0 Å². The molecule has 1 aliphatic heterocycles. The van der Waals surface area contributed by atoms with Gasteiger partial charge in [-0.05, 0) is 32.2 Å². The van der Waals surface area contributed by atoms with Gasteiger partial charge in [0.1, 0.15) is 0 Å². The van der Waals surface area contributed by atoms with E-state index in [-0.39, 0.29) is 11.3 Å². The van der Waals surface area contributed by atoms with E-state index in [0.29, 0.717) is 19.4 Å². The van der Waals surface area contributed by atoms with E-state index < -0.39 is 16.1 Å². The Balaban J connectivity index is 1.97. The monoisotopic (exact) mass is 276 g/mol. The maximum atomic E-state index is 12.2. The highest BCUT2D eigenvalue weighted by Crippen LogP contribution is 2.20. The molecule has 5 nitrogen and oxygen atoms in total. The molecule has 0 radical (unpaired) electrons. The third-order valence-corrected chi connectivity index (χ3v) is 5.90. The van der Waals surface area contributed by atoms with Crippen LogP contribution in [0.1, 0.15) is 44.9 Å². The van der Waals surface area contributed by atoms with Crippen LogP contribution in [-0.2, 0) is 10.0 Å². The molecule has 2 fully saturated rings. The maximum absolute atomic E-state index is 12.2. The molecule has 0 aromatic rings. The van der Waals surface area contributed by atoms with Crippen molar-refractivity contribution in [1.29, 1.82) is 0 Å². The van der Waals surface area contributed by atoms with Crippen molar-refractivity contribution in [3.8, 4) is 0 Å². The summed E-state index contributed by atoms with van der Waals surface area (Å²) in [5.74, 6) is 0. The predicted molar refractivity (Wildman–Crippen MR) is 70.8 cm³/mol. The van der Waals surface area contributed by atoms with Crippen molar-refractivity contribution in [2.45, 2.75) is 62.3 Å². The lowest BCUT2D eigenvalue weighted by molar-refractivity contribution is 0.130. The average molecular weight is 276 g/mol. The lowest BCUT2D eigenvalue weighted by atomic mass is 10.1. The first-order valence-electron chi connectivity index (χ1n) is 6.99. The van der Waals surface area contributed by atoms with Crippen LogP contribution in [0.4, 0.5) is 0 Å². The van der Waals surface area contributed by atoms with Crippen LogP contribution < -0.4 is 10.0 Å². The summed E-state index contributed by atoms with van der Waals surface area (Å²) in [6.07, 6.45) is 5.61. The Morgan fingerprint density at radius 3 is 2.56 bits per heavy atom. The molecule has 1 saturated carbocycles. The van der Waals surface area contributed by atoms with Crippen molar-refractivity contribution < 1.29 is 13.5 Å². The number of hydrogen-bond acceptors (Lipinski definition) is 4. The topological polar surface area (TPSA) is 78.4 Å². The quantitative estimate of drug-likeness (QED) is 0.650. The van der Waals surface area contributed by atoms with Crippen LogP contribution >= 0.6 is 0 Å². The average Bonchev–Trinajstić information content (AvgIpc) is 2.56. The van der Waals surface area contributed by atoms with E-state index in [0.717, 1.165) is 38.6 Å². The first-order chi connectivity index (χ1) is 8.59. The number of aliphatic hydroxyl groups is 1. The SMILES string of the molecule is O=S(=O)(NC1CCCCCC1O)C1CCCNC1. The largest absolute Gasteiger partial charge is 0.391 e. The van der Waals surface area contributed by atoms with Gasteiger partial charge in [-0.2, -0.15) is 0 Å². The molecule has 106 valence electrons. The van der Waals surface area contributed by atoms with Crippen LogP contribution in [-0.4, -0.2) is 44.0 Å². The number of hydrogen-bond donors (Lipinski definition) is 3. The van der Waals surface area contributed by atoms with Crippen molar-refractivity contribution >= 4 is 10.0 Å². The fraction of sp³-hybridized carbons (Fsp3) is 1.00. The molecule has 0 amide bonds. The van der Waals surface area contributed by atoms with Crippen LogP contribution in [0.5, 0.6) is 0 Å². The van der Waals surface area contributed by atoms with Crippen molar-refractivity contribution in [3.63, 3.8) is 0 Å². The van der Waals surface area contributed by atoms with E-state index in [9.17, 15) is 13.5 Å². The molecule has 1 saturated heterocycles. The van der Waals surface area contributed by atoms with Gasteiger partial charge >= 0.3 is 0 Å². The van der Waals surface area contributed by atoms with Crippen molar-refractivity contribution in [3.05, 3.63) is 0 Å². The fourth-order valence-corrected chi connectivity index (χ4v) is 4.52. The standard InChI is InChI=1S/C12H24N2O3S/c15-12-7-3-1-2-6-11(12)14-18(16,17)10-5-4-8-13-9-10/h10-15H,1-9H2. The molecular weight excluding hydrogens is 252 g/mol. The normalized spacial score (nSPS) is 35.1. The van der Waals surface area contributed by atoms with Crippen molar-refractivity contribution in [1.82, 2.24) is 10.0 Å². The minimum Gasteiger partial charge on any atom is -0.391 e. The van der Waals surface area contributed by atoms with Crippen LogP contribution in [0.25, 0.3) is 0 Å². The number of piperidine rings is 1. The molecule has 0 aromatic heterocycles. The second-order valence-corrected chi connectivity index (χ2v) is 7.44. The molecule has 2 aliphatic rings. The van der Waals surface area contributed by atoms with Gasteiger partial charge in [0.25, 0.3) is 0 Å². The first kappa shape index (κ1) is 14.2. The number of sulfonamides is 1. The van der Waals surface area contributed by atoms with Gasteiger partial charge in [-0.15, -0.1) is 0 Å². The third-order valence-electron chi connectivity index (χ3n) is 3.99. The molecule has 3 atom stereocenters. The maximum Gasteiger partial charge on any atom is 0.216 e. The molecule has 0 bridgehead atoms. The van der Waals surface area contributed by atoms with Crippen LogP contribution in [0.3, 0.4) is 0 Å². The molecule has 1 aliphatic carbocycles. The zero-order chi connectivity index (χ0) is 13.0. The Morgan fingerprint density at radius 2 is 1.83 bits per heavy atom. The van der Waals surface area contributed by atoms with Gasteiger partial charge in [-0.1, -0.05) is 19.3 Å². The van der Waals surface area contributed by atoms with E-state index in [1.165, 1.54) is 0 Å². The van der Waals surface area contributed by atoms with Gasteiger partial charge < -0.3 is 10.4 Å². The van der Waals surface area contributed by atoms with E-state index in [2.05, 4.69) is 10.0 Å². The zero-order valence-electron chi connectivity index (χ0n) is 10.8. The summed E-state index contributed by atoms with van der Waals surface area (Å²) in [6, 6.07) is -0.292. The molecule has 0 spiro atoms. The highest BCUT2D eigenvalue weighted by Gasteiger charge is 2.32. The Kier molecular flexibility index (Phi) is 5.00. The van der Waals surface area contributed by atoms with Gasteiger partial charge in [0, 0.05) is 12.6 Å². The molecular formula is C12H24N2O3S. The number of nitrogens with one attached hydrogen (secondary N) is 2. The summed E-state index contributed by atoms with van der Waals surface area (Å²) in [4.78, 5) is 0. The number of aliphatic hydroxyl groups excluding tert-OH is 1. The summed E-state index contributed by atoms with van der Waals surface area (Å²) in [6.45, 7) is 1.43. The number of rotatable bonds is 3. The van der Waals surface area contributed by atoms with E-state index in [4.69, 9.17) is 0 Å². The second kappa shape index (κ2) is 6.32. The Morgan fingerprint density at radius 1 is 1.06 bits per heavy atom. The highest BCUT2D eigenvalue weighted by molar-refractivity contribution is 7.90. The molecule has 3 unspecified atom stereocenters. The van der Waals surface area contributed by atoms with E-state index in [1.807, 2.05) is 0 Å². The van der Waals surface area contributed by atoms with Gasteiger partial charge in [0.05, 0.1) is 11.4 Å². The summed E-state index contributed by atoms with van der Waals surface area (Å²) in [7, 11) is -3.30. The van der Waals surface area contributed by atoms with E-state index in [1.54, 1.807) is 0 Å². The minimum atomic E-state index is -3.30. The lowest BCUT2D eigenvalue weighted by Crippen LogP contribution is -2.50. The van der Waals surface area contributed by atoms with Crippen molar-refractivity contribution in [2.24, 2.45) is 0 Å². The first-order valence-corrected chi connectivity index (χ1v) is 8.54. The molecule has 6 heteroatoms. The van der Waals surface area contributed by atoms with Crippen LogP contribution in [0.2, 0.25) is 0 Å². The lowest BCUT2D eigenvalue weighted by Gasteiger charge is -2.27. The van der Waals surface area contributed by atoms with Crippen molar-refractivity contribution in [2.75, 3.05) is 13.1 Å². The van der Waals surface area contributed by atoms with Gasteiger partial charge in [0.2, 0.25) is 10.0 Å². The fourth-order valence-electron chi connectivity index (χ4n) is 2.82. The highest BCUT2D eigenvalue weighted by atomic mass is 32.2. The summed E-state index contributed by atoms with van der Waals surface area (Å²) >= 11 is 0. The Hall–Kier alpha value is -0.170. The second-order valence-electron chi connectivity index (χ2n) is 5.44. The van der Waals surface area contributed by atoms with Gasteiger partial charge in [-0.3, -0.25) is 0 Å². The molecule has 1 heterocycles. The smallest absolute Gasteiger partial charge is 0.216 e. The minimum absolute atomic E-state index is 0.292. The predicted octanol–water partition coefficient (Wildman–Crippen LogP) is 0.351.